The first-order valence-corrected chi connectivity index (χ1v) is 9.21. The van der Waals surface area contributed by atoms with E-state index in [1.54, 1.807) is 0 Å². The summed E-state index contributed by atoms with van der Waals surface area (Å²) in [5.74, 6) is -5.88. The highest BCUT2D eigenvalue weighted by Crippen LogP contribution is 2.23. The van der Waals surface area contributed by atoms with Crippen LogP contribution in [0.4, 0.5) is 17.6 Å². The van der Waals surface area contributed by atoms with Crippen molar-refractivity contribution in [2.45, 2.75) is 25.9 Å². The van der Waals surface area contributed by atoms with E-state index >= 15 is 0 Å². The number of benzene rings is 2. The Hall–Kier alpha value is -3.62. The molecular weight excluding hydrogens is 416 g/mol. The molecule has 1 aromatic heterocycles. The Kier molecular flexibility index (Phi) is 6.14. The van der Waals surface area contributed by atoms with Crippen LogP contribution in [0.3, 0.4) is 0 Å². The van der Waals surface area contributed by atoms with Crippen molar-refractivity contribution in [3.8, 4) is 5.88 Å². The fourth-order valence-corrected chi connectivity index (χ4v) is 3.25. The maximum atomic E-state index is 14.1. The van der Waals surface area contributed by atoms with Crippen LogP contribution in [0.5, 0.6) is 5.88 Å². The van der Waals surface area contributed by atoms with E-state index in [0.717, 1.165) is 27.3 Å². The molecule has 0 fully saturated rings. The topological polar surface area (TPSA) is 64.2 Å². The van der Waals surface area contributed by atoms with Gasteiger partial charge in [0.2, 0.25) is 5.88 Å². The Labute approximate surface area is 174 Å². The number of hydrogen-bond acceptors (Lipinski definition) is 3. The predicted octanol–water partition coefficient (Wildman–Crippen LogP) is 3.79. The molecule has 0 bridgehead atoms. The zero-order chi connectivity index (χ0) is 22.9. The van der Waals surface area contributed by atoms with Crippen LogP contribution in [0.15, 0.2) is 58.6 Å². The Balaban J connectivity index is 1.97. The minimum absolute atomic E-state index is 0.0242. The predicted molar refractivity (Wildman–Crippen MR) is 107 cm³/mol. The van der Waals surface area contributed by atoms with E-state index in [0.29, 0.717) is 0 Å². The van der Waals surface area contributed by atoms with Crippen molar-refractivity contribution in [2.75, 3.05) is 0 Å². The summed E-state index contributed by atoms with van der Waals surface area (Å²) >= 11 is 0. The number of halogens is 4. The van der Waals surface area contributed by atoms with Crippen LogP contribution in [0.25, 0.3) is 5.57 Å². The van der Waals surface area contributed by atoms with Crippen LogP contribution >= 0.6 is 0 Å². The third-order valence-electron chi connectivity index (χ3n) is 4.91. The van der Waals surface area contributed by atoms with Gasteiger partial charge in [0, 0.05) is 18.0 Å². The second kappa shape index (κ2) is 8.63. The summed E-state index contributed by atoms with van der Waals surface area (Å²) in [6.45, 7) is 4.39. The van der Waals surface area contributed by atoms with E-state index in [1.807, 2.05) is 0 Å². The van der Waals surface area contributed by atoms with Crippen LogP contribution in [0.1, 0.15) is 24.0 Å². The maximum absolute atomic E-state index is 14.1. The van der Waals surface area contributed by atoms with Crippen LogP contribution in [-0.2, 0) is 13.1 Å². The molecule has 31 heavy (non-hydrogen) atoms. The number of rotatable bonds is 6. The van der Waals surface area contributed by atoms with Gasteiger partial charge in [0.25, 0.3) is 5.56 Å². The van der Waals surface area contributed by atoms with Crippen LogP contribution in [-0.4, -0.2) is 14.2 Å². The smallest absolute Gasteiger partial charge is 0.334 e. The summed E-state index contributed by atoms with van der Waals surface area (Å²) in [5, 5.41) is 10.1. The number of nitrogens with zero attached hydrogens (tertiary/aromatic N) is 2. The van der Waals surface area contributed by atoms with Gasteiger partial charge in [0.15, 0.2) is 23.3 Å². The Morgan fingerprint density at radius 1 is 1.00 bits per heavy atom. The van der Waals surface area contributed by atoms with Crippen molar-refractivity contribution in [1.82, 2.24) is 9.13 Å². The van der Waals surface area contributed by atoms with Gasteiger partial charge in [-0.2, -0.15) is 0 Å². The lowest BCUT2D eigenvalue weighted by molar-refractivity contribution is 0.395. The van der Waals surface area contributed by atoms with E-state index in [-0.39, 0.29) is 23.2 Å². The van der Waals surface area contributed by atoms with Gasteiger partial charge in [-0.25, -0.2) is 22.4 Å². The fraction of sp³-hybridized carbons (Fsp3) is 0.182. The standard InChI is InChI=1S/C22H18F4N2O3/c1-12(14-5-3-7-16(23)20(14)25)10-27-18(29)9-19(30)28(22(27)31)11-13(2)15-6-4-8-17(24)21(15)26/h3-9,13,29H,1,10-11H2,2H3. The van der Waals surface area contributed by atoms with E-state index in [9.17, 15) is 32.3 Å². The van der Waals surface area contributed by atoms with Crippen LogP contribution in [0.2, 0.25) is 0 Å². The average Bonchev–Trinajstić information content (AvgIpc) is 2.72. The molecule has 5 nitrogen and oxygen atoms in total. The van der Waals surface area contributed by atoms with E-state index in [1.165, 1.54) is 31.2 Å². The van der Waals surface area contributed by atoms with Crippen molar-refractivity contribution < 1.29 is 22.7 Å². The third kappa shape index (κ3) is 4.30. The van der Waals surface area contributed by atoms with E-state index < -0.39 is 52.9 Å². The second-order valence-corrected chi connectivity index (χ2v) is 7.07. The van der Waals surface area contributed by atoms with Gasteiger partial charge in [-0.3, -0.25) is 13.9 Å². The van der Waals surface area contributed by atoms with Crippen molar-refractivity contribution in [3.63, 3.8) is 0 Å². The van der Waals surface area contributed by atoms with Crippen LogP contribution < -0.4 is 11.2 Å². The zero-order valence-corrected chi connectivity index (χ0v) is 16.4. The normalized spacial score (nSPS) is 12.0. The summed E-state index contributed by atoms with van der Waals surface area (Å²) in [5.41, 5.74) is -2.07. The minimum Gasteiger partial charge on any atom is -0.494 e. The molecule has 162 valence electrons. The Morgan fingerprint density at radius 2 is 1.61 bits per heavy atom. The van der Waals surface area contributed by atoms with E-state index in [4.69, 9.17) is 0 Å². The molecule has 2 aromatic carbocycles. The molecule has 1 unspecified atom stereocenters. The van der Waals surface area contributed by atoms with Gasteiger partial charge in [-0.15, -0.1) is 0 Å². The Bertz CT molecular complexity index is 1280. The van der Waals surface area contributed by atoms with Crippen molar-refractivity contribution >= 4 is 5.57 Å². The third-order valence-corrected chi connectivity index (χ3v) is 4.91. The lowest BCUT2D eigenvalue weighted by Gasteiger charge is -2.17. The molecule has 0 aliphatic rings. The van der Waals surface area contributed by atoms with Gasteiger partial charge in [0.05, 0.1) is 12.6 Å². The summed E-state index contributed by atoms with van der Waals surface area (Å²) < 4.78 is 56.6. The molecule has 0 amide bonds. The second-order valence-electron chi connectivity index (χ2n) is 7.07. The van der Waals surface area contributed by atoms with Gasteiger partial charge in [0.1, 0.15) is 0 Å². The molecule has 1 heterocycles. The Morgan fingerprint density at radius 3 is 2.29 bits per heavy atom. The van der Waals surface area contributed by atoms with Gasteiger partial charge >= 0.3 is 5.69 Å². The van der Waals surface area contributed by atoms with Crippen molar-refractivity contribution in [1.29, 1.82) is 0 Å². The molecule has 0 saturated heterocycles. The average molecular weight is 434 g/mol. The molecule has 0 aliphatic heterocycles. The summed E-state index contributed by atoms with van der Waals surface area (Å²) in [6.07, 6.45) is 0. The number of aromatic hydroxyl groups is 1. The minimum atomic E-state index is -1.16. The lowest BCUT2D eigenvalue weighted by Crippen LogP contribution is -2.40. The van der Waals surface area contributed by atoms with E-state index in [2.05, 4.69) is 6.58 Å². The highest BCUT2D eigenvalue weighted by Gasteiger charge is 2.19. The molecule has 0 spiro atoms. The van der Waals surface area contributed by atoms with Gasteiger partial charge in [-0.05, 0) is 23.3 Å². The molecule has 0 radical (unpaired) electrons. The van der Waals surface area contributed by atoms with Gasteiger partial charge < -0.3 is 5.11 Å². The summed E-state index contributed by atoms with van der Waals surface area (Å²) in [4.78, 5) is 25.1. The lowest BCUT2D eigenvalue weighted by atomic mass is 10.0. The monoisotopic (exact) mass is 434 g/mol. The summed E-state index contributed by atoms with van der Waals surface area (Å²) in [7, 11) is 0. The molecule has 1 N–H and O–H groups in total. The van der Waals surface area contributed by atoms with Crippen molar-refractivity contribution in [3.05, 3.63) is 104 Å². The SMILES string of the molecule is C=C(Cn1c(O)cc(=O)n(CC(C)c2cccc(F)c2F)c1=O)c1cccc(F)c1F. The van der Waals surface area contributed by atoms with Gasteiger partial charge in [-0.1, -0.05) is 37.8 Å². The molecular formula is C22H18F4N2O3. The van der Waals surface area contributed by atoms with Crippen LogP contribution in [0, 0.1) is 23.3 Å². The summed E-state index contributed by atoms with van der Waals surface area (Å²) in [6, 6.07) is 7.79. The number of allylic oxidation sites excluding steroid dienone is 1. The maximum Gasteiger partial charge on any atom is 0.334 e. The highest BCUT2D eigenvalue weighted by atomic mass is 19.2. The number of hydrogen-bond donors (Lipinski definition) is 1. The first-order valence-electron chi connectivity index (χ1n) is 9.21. The highest BCUT2D eigenvalue weighted by molar-refractivity contribution is 5.63. The number of aromatic nitrogens is 2. The largest absolute Gasteiger partial charge is 0.494 e. The fourth-order valence-electron chi connectivity index (χ4n) is 3.25. The molecule has 0 aliphatic carbocycles. The molecule has 3 rings (SSSR count). The van der Waals surface area contributed by atoms with Crippen molar-refractivity contribution in [2.24, 2.45) is 0 Å². The first-order chi connectivity index (χ1) is 14.6. The molecule has 3 aromatic rings. The quantitative estimate of drug-likeness (QED) is 0.601. The molecule has 9 heteroatoms. The zero-order valence-electron chi connectivity index (χ0n) is 16.4. The molecule has 0 saturated carbocycles. The molecule has 1 atom stereocenters. The first kappa shape index (κ1) is 22.1.